The van der Waals surface area contributed by atoms with Crippen molar-refractivity contribution >= 4 is 27.1 Å². The predicted octanol–water partition coefficient (Wildman–Crippen LogP) is 2.65. The zero-order chi connectivity index (χ0) is 17.3. The summed E-state index contributed by atoms with van der Waals surface area (Å²) in [5, 5.41) is 2.82. The van der Waals surface area contributed by atoms with Gasteiger partial charge in [-0.15, -0.1) is 0 Å². The normalized spacial score (nSPS) is 16.8. The van der Waals surface area contributed by atoms with Crippen LogP contribution in [0.5, 0.6) is 0 Å². The number of nitrogens with one attached hydrogen (secondary N) is 1. The van der Waals surface area contributed by atoms with Gasteiger partial charge in [0.25, 0.3) is 0 Å². The Kier molecular flexibility index (Phi) is 4.32. The number of rotatable bonds is 4. The van der Waals surface area contributed by atoms with Crippen LogP contribution < -0.4 is 10.2 Å². The van der Waals surface area contributed by atoms with E-state index in [1.807, 2.05) is 18.2 Å². The first-order chi connectivity index (χ1) is 11.3. The fourth-order valence-electron chi connectivity index (χ4n) is 3.03. The average Bonchev–Trinajstić information content (AvgIpc) is 2.83. The fourth-order valence-corrected chi connectivity index (χ4v) is 3.66. The van der Waals surface area contributed by atoms with Crippen molar-refractivity contribution in [1.29, 1.82) is 0 Å². The Labute approximate surface area is 142 Å². The van der Waals surface area contributed by atoms with E-state index in [2.05, 4.69) is 23.2 Å². The number of hydrogen-bond acceptors (Lipinski definition) is 4. The van der Waals surface area contributed by atoms with Crippen LogP contribution in [0.15, 0.2) is 53.4 Å². The summed E-state index contributed by atoms with van der Waals surface area (Å²) < 4.78 is 22.9. The Bertz CT molecular complexity index is 860. The van der Waals surface area contributed by atoms with Crippen molar-refractivity contribution < 1.29 is 13.2 Å². The molecule has 6 heteroatoms. The Morgan fingerprint density at radius 3 is 2.50 bits per heavy atom. The molecular weight excluding hydrogens is 324 g/mol. The highest BCUT2D eigenvalue weighted by molar-refractivity contribution is 7.90. The predicted molar refractivity (Wildman–Crippen MR) is 95.3 cm³/mol. The van der Waals surface area contributed by atoms with Gasteiger partial charge in [0, 0.05) is 30.1 Å². The zero-order valence-corrected chi connectivity index (χ0v) is 14.5. The van der Waals surface area contributed by atoms with Crippen molar-refractivity contribution in [3.05, 3.63) is 54.1 Å². The Morgan fingerprint density at radius 2 is 1.83 bits per heavy atom. The van der Waals surface area contributed by atoms with Gasteiger partial charge in [-0.2, -0.15) is 0 Å². The van der Waals surface area contributed by atoms with Crippen LogP contribution in [-0.4, -0.2) is 33.7 Å². The molecule has 0 saturated heterocycles. The zero-order valence-electron chi connectivity index (χ0n) is 13.7. The van der Waals surface area contributed by atoms with Crippen molar-refractivity contribution in [3.8, 4) is 0 Å². The maximum absolute atomic E-state index is 12.3. The van der Waals surface area contributed by atoms with Gasteiger partial charge in [0.05, 0.1) is 11.4 Å². The Balaban J connectivity index is 1.67. The van der Waals surface area contributed by atoms with E-state index in [0.717, 1.165) is 18.5 Å². The maximum Gasteiger partial charge on any atom is 0.243 e. The molecule has 0 saturated carbocycles. The summed E-state index contributed by atoms with van der Waals surface area (Å²) in [6, 6.07) is 14.3. The minimum Gasteiger partial charge on any atom is -0.361 e. The average molecular weight is 344 g/mol. The monoisotopic (exact) mass is 344 g/mol. The molecule has 0 spiro atoms. The van der Waals surface area contributed by atoms with Crippen molar-refractivity contribution in [2.45, 2.75) is 17.7 Å². The number of para-hydroxylation sites is 1. The molecule has 1 aliphatic rings. The van der Waals surface area contributed by atoms with Crippen LogP contribution in [0.1, 0.15) is 18.4 Å². The molecule has 1 heterocycles. The van der Waals surface area contributed by atoms with Crippen LogP contribution in [0.4, 0.5) is 11.4 Å². The molecule has 5 nitrogen and oxygen atoms in total. The van der Waals surface area contributed by atoms with E-state index in [1.165, 1.54) is 17.7 Å². The first-order valence-electron chi connectivity index (χ1n) is 7.78. The van der Waals surface area contributed by atoms with Crippen LogP contribution in [-0.2, 0) is 14.6 Å². The third kappa shape index (κ3) is 3.43. The van der Waals surface area contributed by atoms with Gasteiger partial charge in [0.1, 0.15) is 0 Å². The SMILES string of the molecule is CC1CN(CC(=O)Nc2ccc(S(C)(=O)=O)cc2)c2ccccc21. The molecule has 0 fully saturated rings. The second-order valence-electron chi connectivity index (χ2n) is 6.19. The van der Waals surface area contributed by atoms with Crippen molar-refractivity contribution in [1.82, 2.24) is 0 Å². The van der Waals surface area contributed by atoms with Gasteiger partial charge < -0.3 is 10.2 Å². The Hall–Kier alpha value is -2.34. The molecule has 1 unspecified atom stereocenters. The molecular formula is C18H20N2O3S. The topological polar surface area (TPSA) is 66.5 Å². The number of benzene rings is 2. The number of carbonyl (C=O) groups excluding carboxylic acids is 1. The Morgan fingerprint density at radius 1 is 1.17 bits per heavy atom. The first kappa shape index (κ1) is 16.5. The van der Waals surface area contributed by atoms with Crippen molar-refractivity contribution in [3.63, 3.8) is 0 Å². The molecule has 0 aliphatic carbocycles. The van der Waals surface area contributed by atoms with Crippen LogP contribution in [0.2, 0.25) is 0 Å². The third-order valence-corrected chi connectivity index (χ3v) is 5.33. The van der Waals surface area contributed by atoms with Gasteiger partial charge in [-0.3, -0.25) is 4.79 Å². The molecule has 0 radical (unpaired) electrons. The van der Waals surface area contributed by atoms with Crippen LogP contribution in [0.25, 0.3) is 0 Å². The molecule has 126 valence electrons. The highest BCUT2D eigenvalue weighted by Crippen LogP contribution is 2.35. The molecule has 3 rings (SSSR count). The minimum absolute atomic E-state index is 0.119. The number of amides is 1. The number of hydrogen-bond donors (Lipinski definition) is 1. The van der Waals surface area contributed by atoms with Gasteiger partial charge >= 0.3 is 0 Å². The number of nitrogens with zero attached hydrogens (tertiary/aromatic N) is 1. The van der Waals surface area contributed by atoms with E-state index < -0.39 is 9.84 Å². The van der Waals surface area contributed by atoms with Gasteiger partial charge in [0.2, 0.25) is 5.91 Å². The molecule has 2 aromatic rings. The van der Waals surface area contributed by atoms with E-state index in [9.17, 15) is 13.2 Å². The molecule has 1 aliphatic heterocycles. The summed E-state index contributed by atoms with van der Waals surface area (Å²) in [4.78, 5) is 14.6. The largest absolute Gasteiger partial charge is 0.361 e. The minimum atomic E-state index is -3.23. The lowest BCUT2D eigenvalue weighted by Gasteiger charge is -2.19. The maximum atomic E-state index is 12.3. The second-order valence-corrected chi connectivity index (χ2v) is 8.20. The van der Waals surface area contributed by atoms with E-state index in [0.29, 0.717) is 11.6 Å². The smallest absolute Gasteiger partial charge is 0.243 e. The quantitative estimate of drug-likeness (QED) is 0.926. The summed E-state index contributed by atoms with van der Waals surface area (Å²) in [5.41, 5.74) is 2.96. The molecule has 1 atom stereocenters. The fraction of sp³-hybridized carbons (Fsp3) is 0.278. The van der Waals surface area contributed by atoms with Crippen LogP contribution in [0, 0.1) is 0 Å². The number of anilines is 2. The summed E-state index contributed by atoms with van der Waals surface area (Å²) >= 11 is 0. The molecule has 0 bridgehead atoms. The molecule has 0 aromatic heterocycles. The van der Waals surface area contributed by atoms with Gasteiger partial charge in [-0.05, 0) is 35.9 Å². The van der Waals surface area contributed by atoms with Gasteiger partial charge in [-0.25, -0.2) is 8.42 Å². The van der Waals surface area contributed by atoms with Crippen molar-refractivity contribution in [2.24, 2.45) is 0 Å². The van der Waals surface area contributed by atoms with Crippen LogP contribution in [0.3, 0.4) is 0 Å². The van der Waals surface area contributed by atoms with Crippen LogP contribution >= 0.6 is 0 Å². The molecule has 2 aromatic carbocycles. The van der Waals surface area contributed by atoms with E-state index in [-0.39, 0.29) is 17.3 Å². The van der Waals surface area contributed by atoms with Gasteiger partial charge in [0.15, 0.2) is 9.84 Å². The third-order valence-electron chi connectivity index (χ3n) is 4.20. The molecule has 1 amide bonds. The number of fused-ring (bicyclic) bond motifs is 1. The molecule has 24 heavy (non-hydrogen) atoms. The highest BCUT2D eigenvalue weighted by Gasteiger charge is 2.26. The first-order valence-corrected chi connectivity index (χ1v) is 9.67. The van der Waals surface area contributed by atoms with E-state index in [1.54, 1.807) is 12.1 Å². The standard InChI is InChI=1S/C18H20N2O3S/c1-13-11-20(17-6-4-3-5-16(13)17)12-18(21)19-14-7-9-15(10-8-14)24(2,22)23/h3-10,13H,11-12H2,1-2H3,(H,19,21). The lowest BCUT2D eigenvalue weighted by atomic mass is 10.0. The second kappa shape index (κ2) is 6.28. The van der Waals surface area contributed by atoms with Crippen molar-refractivity contribution in [2.75, 3.05) is 29.6 Å². The summed E-state index contributed by atoms with van der Waals surface area (Å²) in [5.74, 6) is 0.286. The molecule has 1 N–H and O–H groups in total. The van der Waals surface area contributed by atoms with E-state index in [4.69, 9.17) is 0 Å². The summed E-state index contributed by atoms with van der Waals surface area (Å²) in [6.45, 7) is 3.25. The lowest BCUT2D eigenvalue weighted by molar-refractivity contribution is -0.115. The highest BCUT2D eigenvalue weighted by atomic mass is 32.2. The van der Waals surface area contributed by atoms with Gasteiger partial charge in [-0.1, -0.05) is 25.1 Å². The summed E-state index contributed by atoms with van der Waals surface area (Å²) in [6.07, 6.45) is 1.16. The lowest BCUT2D eigenvalue weighted by Crippen LogP contribution is -2.32. The number of carbonyl (C=O) groups is 1. The van der Waals surface area contributed by atoms with E-state index >= 15 is 0 Å². The number of sulfone groups is 1. The summed E-state index contributed by atoms with van der Waals surface area (Å²) in [7, 11) is -3.23.